The van der Waals surface area contributed by atoms with E-state index in [4.69, 9.17) is 5.73 Å². The number of nitrogens with two attached hydrogens (primary N) is 1. The predicted molar refractivity (Wildman–Crippen MR) is 172 cm³/mol. The number of aliphatic hydroxyl groups is 1. The number of benzene rings is 1. The third-order valence-electron chi connectivity index (χ3n) is 7.39. The van der Waals surface area contributed by atoms with Crippen molar-refractivity contribution in [2.24, 2.45) is 5.73 Å². The number of unbranched alkanes of at least 4 members (excludes halogenated alkanes) is 16. The van der Waals surface area contributed by atoms with E-state index in [0.717, 1.165) is 38.8 Å². The molecule has 1 atom stereocenters. The van der Waals surface area contributed by atoms with Crippen LogP contribution in [0.4, 0.5) is 5.69 Å². The van der Waals surface area contributed by atoms with Gasteiger partial charge in [0.25, 0.3) is 5.48 Å². The Labute approximate surface area is 243 Å². The lowest BCUT2D eigenvalue weighted by Crippen LogP contribution is -2.39. The first-order valence-electron chi connectivity index (χ1n) is 16.1. The first-order valence-corrected chi connectivity index (χ1v) is 17.6. The van der Waals surface area contributed by atoms with Gasteiger partial charge in [0.1, 0.15) is 6.16 Å². The van der Waals surface area contributed by atoms with Crippen LogP contribution in [-0.2, 0) is 6.42 Å². The quantitative estimate of drug-likeness (QED) is 0.0615. The van der Waals surface area contributed by atoms with Crippen molar-refractivity contribution >= 4 is 18.9 Å². The Kier molecular flexibility index (Phi) is 21.9. The van der Waals surface area contributed by atoms with E-state index in [-0.39, 0.29) is 5.48 Å². The minimum Gasteiger partial charge on any atom is -0.629 e. The Balaban J connectivity index is 1.83. The molecule has 1 aromatic carbocycles. The van der Waals surface area contributed by atoms with Gasteiger partial charge in [0.15, 0.2) is 6.54 Å². The van der Waals surface area contributed by atoms with Gasteiger partial charge in [0.2, 0.25) is 0 Å². The summed E-state index contributed by atoms with van der Waals surface area (Å²) < 4.78 is 0.624. The lowest BCUT2D eigenvalue weighted by Gasteiger charge is -2.22. The molecule has 0 saturated carbocycles. The monoisotopic (exact) mass is 564 g/mol. The van der Waals surface area contributed by atoms with Gasteiger partial charge in [-0.1, -0.05) is 95.6 Å². The molecule has 1 rings (SSSR count). The Bertz CT molecular complexity index is 731. The van der Waals surface area contributed by atoms with Gasteiger partial charge in [-0.3, -0.25) is 0 Å². The summed E-state index contributed by atoms with van der Waals surface area (Å²) in [6.07, 6.45) is 25.2. The molecule has 0 radical (unpaired) electrons. The summed E-state index contributed by atoms with van der Waals surface area (Å²) >= 11 is 0. The van der Waals surface area contributed by atoms with Crippen LogP contribution >= 0.6 is 7.77 Å². The molecule has 0 bridgehead atoms. The third-order valence-corrected chi connectivity index (χ3v) is 8.83. The first kappa shape index (κ1) is 36.1. The Morgan fingerprint density at radius 2 is 1.18 bits per heavy atom. The van der Waals surface area contributed by atoms with E-state index in [1.807, 2.05) is 21.1 Å². The number of nitrogens with one attached hydrogen (secondary N) is 1. The average Bonchev–Trinajstić information content (AvgIpc) is 2.90. The zero-order valence-electron chi connectivity index (χ0n) is 25.9. The van der Waals surface area contributed by atoms with Crippen LogP contribution in [0.25, 0.3) is 0 Å². The largest absolute Gasteiger partial charge is 0.629 e. The molecule has 0 aromatic heterocycles. The maximum Gasteiger partial charge on any atom is 0.273 e. The average molecular weight is 565 g/mol. The van der Waals surface area contributed by atoms with Gasteiger partial charge in [0.05, 0.1) is 28.9 Å². The van der Waals surface area contributed by atoms with Gasteiger partial charge in [-0.15, -0.1) is 0 Å². The van der Waals surface area contributed by atoms with E-state index in [2.05, 4.69) is 29.6 Å². The maximum absolute atomic E-state index is 12.1. The number of likely N-dealkylation sites (N-methyl/N-ethyl adjacent to an activating group) is 1. The molecular weight excluding hydrogens is 501 g/mol. The van der Waals surface area contributed by atoms with Gasteiger partial charge in [-0.2, -0.15) is 0 Å². The molecule has 226 valence electrons. The second kappa shape index (κ2) is 23.7. The lowest BCUT2D eigenvalue weighted by atomic mass is 10.0. The van der Waals surface area contributed by atoms with Crippen molar-refractivity contribution in [1.29, 1.82) is 0 Å². The maximum atomic E-state index is 12.1. The summed E-state index contributed by atoms with van der Waals surface area (Å²) in [5, 5.41) is 13.4. The van der Waals surface area contributed by atoms with Crippen LogP contribution in [0.5, 0.6) is 0 Å². The number of rotatable bonds is 26. The smallest absolute Gasteiger partial charge is 0.273 e. The van der Waals surface area contributed by atoms with E-state index in [9.17, 15) is 10.00 Å². The summed E-state index contributed by atoms with van der Waals surface area (Å²) in [6.45, 7) is 2.28. The van der Waals surface area contributed by atoms with Crippen LogP contribution in [0, 0.1) is 0 Å². The van der Waals surface area contributed by atoms with Crippen LogP contribution in [0.3, 0.4) is 0 Å². The van der Waals surface area contributed by atoms with Crippen LogP contribution in [-0.4, -0.2) is 62.0 Å². The van der Waals surface area contributed by atoms with E-state index in [1.54, 1.807) is 0 Å². The number of nitrogens with zero attached hydrogens (tertiary/aromatic N) is 1. The summed E-state index contributed by atoms with van der Waals surface area (Å²) in [7, 11) is 4.47. The van der Waals surface area contributed by atoms with Crippen LogP contribution in [0.15, 0.2) is 24.3 Å². The van der Waals surface area contributed by atoms with E-state index in [1.165, 1.54) is 108 Å². The Morgan fingerprint density at radius 3 is 1.64 bits per heavy atom. The highest BCUT2D eigenvalue weighted by Gasteiger charge is 2.16. The molecule has 1 unspecified atom stereocenters. The minimum atomic E-state index is -1.56. The summed E-state index contributed by atoms with van der Waals surface area (Å²) in [4.78, 5) is 12.1. The fourth-order valence-electron chi connectivity index (χ4n) is 4.98. The highest BCUT2D eigenvalue weighted by molar-refractivity contribution is 7.51. The predicted octanol–water partition coefficient (Wildman–Crippen LogP) is 7.59. The van der Waals surface area contributed by atoms with Crippen molar-refractivity contribution in [1.82, 2.24) is 0 Å². The van der Waals surface area contributed by atoms with Crippen molar-refractivity contribution in [2.45, 2.75) is 122 Å². The number of quaternary nitrogens is 1. The Hall–Kier alpha value is -0.970. The molecule has 39 heavy (non-hydrogen) atoms. The van der Waals surface area contributed by atoms with E-state index < -0.39 is 7.77 Å². The van der Waals surface area contributed by atoms with Crippen molar-refractivity contribution in [3.05, 3.63) is 29.8 Å². The second-order valence-corrected chi connectivity index (χ2v) is 14.2. The van der Waals surface area contributed by atoms with Crippen LogP contribution in [0.2, 0.25) is 0 Å². The van der Waals surface area contributed by atoms with Crippen molar-refractivity contribution in [3.63, 3.8) is 0 Å². The molecule has 0 fully saturated rings. The fourth-order valence-corrected chi connectivity index (χ4v) is 6.33. The fraction of sp³-hybridized carbons (Fsp3) is 0.788. The number of hydrogen-bond donors (Lipinski definition) is 3. The van der Waals surface area contributed by atoms with Gasteiger partial charge in [0, 0.05) is 12.2 Å². The number of hydrogen-bond acceptors (Lipinski definition) is 3. The summed E-state index contributed by atoms with van der Waals surface area (Å²) in [6, 6.07) is 8.98. The molecule has 5 nitrogen and oxygen atoms in total. The van der Waals surface area contributed by atoms with Crippen molar-refractivity contribution in [3.8, 4) is 0 Å². The molecule has 0 aliphatic carbocycles. The SMILES string of the molecule is C[N+](C)(C)CC(O)=[P+]([O-])CCCCCCCCCCCCCCCCCCc1ccc(NCCCCN)cc1. The molecule has 0 aliphatic heterocycles. The molecule has 0 aliphatic rings. The standard InChI is InChI=1S/C33H62N3O2P/c1-36(2,3)30-33(37)39(38)29-21-17-15-13-11-9-7-5-4-6-8-10-12-14-16-18-22-31-23-25-32(26-24-31)35-28-20-19-27-34/h23-26,35H,4-22,27-30,34H2,1-3H3/p+1. The van der Waals surface area contributed by atoms with Gasteiger partial charge < -0.3 is 25.5 Å². The van der Waals surface area contributed by atoms with Gasteiger partial charge >= 0.3 is 0 Å². The van der Waals surface area contributed by atoms with E-state index in [0.29, 0.717) is 17.2 Å². The molecular formula is C33H63N3O2P+. The zero-order valence-corrected chi connectivity index (χ0v) is 26.8. The molecule has 1 aromatic rings. The topological polar surface area (TPSA) is 81.3 Å². The summed E-state index contributed by atoms with van der Waals surface area (Å²) in [5.41, 5.74) is 8.42. The van der Waals surface area contributed by atoms with Crippen molar-refractivity contribution < 1.29 is 14.5 Å². The number of anilines is 1. The van der Waals surface area contributed by atoms with Gasteiger partial charge in [-0.05, 0) is 62.8 Å². The van der Waals surface area contributed by atoms with Gasteiger partial charge in [-0.25, -0.2) is 0 Å². The summed E-state index contributed by atoms with van der Waals surface area (Å²) in [5.74, 6) is 0. The Morgan fingerprint density at radius 1 is 0.718 bits per heavy atom. The van der Waals surface area contributed by atoms with E-state index >= 15 is 0 Å². The second-order valence-electron chi connectivity index (χ2n) is 12.5. The number of aryl methyl sites for hydroxylation is 1. The highest BCUT2D eigenvalue weighted by atomic mass is 31.1. The number of aliphatic hydroxyl groups excluding tert-OH is 1. The third kappa shape index (κ3) is 22.4. The highest BCUT2D eigenvalue weighted by Crippen LogP contribution is 2.19. The normalized spacial score (nSPS) is 12.6. The van der Waals surface area contributed by atoms with Crippen LogP contribution < -0.4 is 15.9 Å². The molecule has 0 amide bonds. The molecule has 6 heteroatoms. The molecule has 0 saturated heterocycles. The molecule has 4 N–H and O–H groups in total. The molecule has 0 heterocycles. The zero-order chi connectivity index (χ0) is 28.6. The van der Waals surface area contributed by atoms with Crippen molar-refractivity contribution in [2.75, 3.05) is 52.3 Å². The van der Waals surface area contributed by atoms with Crippen LogP contribution in [0.1, 0.15) is 121 Å². The lowest BCUT2D eigenvalue weighted by molar-refractivity contribution is -0.861. The minimum absolute atomic E-state index is 0.189. The molecule has 0 spiro atoms. The first-order chi connectivity index (χ1) is 18.8.